The Balaban J connectivity index is 1.10. The van der Waals surface area contributed by atoms with Crippen molar-refractivity contribution in [2.45, 2.75) is 38.3 Å². The molecule has 6 rings (SSSR count). The highest BCUT2D eigenvalue weighted by atomic mass is 16.2. The molecule has 2 amide bonds. The van der Waals surface area contributed by atoms with E-state index in [4.69, 9.17) is 5.73 Å². The zero-order valence-corrected chi connectivity index (χ0v) is 25.2. The zero-order valence-electron chi connectivity index (χ0n) is 25.2. The van der Waals surface area contributed by atoms with Crippen LogP contribution >= 0.6 is 0 Å². The molecule has 4 aromatic rings. The number of aryl methyl sites for hydroxylation is 1. The summed E-state index contributed by atoms with van der Waals surface area (Å²) in [5.41, 5.74) is 9.90. The number of aromatic nitrogens is 3. The number of benzene rings is 2. The van der Waals surface area contributed by atoms with Gasteiger partial charge in [-0.25, -0.2) is 4.98 Å². The Kier molecular flexibility index (Phi) is 8.03. The summed E-state index contributed by atoms with van der Waals surface area (Å²) in [6, 6.07) is 14.6. The summed E-state index contributed by atoms with van der Waals surface area (Å²) in [6.07, 6.45) is 8.24. The van der Waals surface area contributed by atoms with Gasteiger partial charge in [-0.1, -0.05) is 12.1 Å². The number of nitrogen functional groups attached to an aromatic ring is 1. The van der Waals surface area contributed by atoms with Crippen molar-refractivity contribution in [3.8, 4) is 11.1 Å². The molecule has 10 heteroatoms. The molecular weight excluding hydrogens is 540 g/mol. The van der Waals surface area contributed by atoms with E-state index in [0.717, 1.165) is 41.5 Å². The third kappa shape index (κ3) is 6.06. The summed E-state index contributed by atoms with van der Waals surface area (Å²) in [6.45, 7) is 6.48. The Morgan fingerprint density at radius 2 is 1.74 bits per heavy atom. The van der Waals surface area contributed by atoms with Gasteiger partial charge in [-0.2, -0.15) is 5.10 Å². The fraction of sp³-hybridized carbons (Fsp3) is 0.394. The van der Waals surface area contributed by atoms with Gasteiger partial charge in [-0.05, 0) is 87.4 Å². The van der Waals surface area contributed by atoms with Gasteiger partial charge < -0.3 is 25.8 Å². The lowest BCUT2D eigenvalue weighted by Gasteiger charge is -2.38. The SMILES string of the molecule is CCN(c1ccc2cc(C(=O)N3CC[C@@H](NC(=O)c4cc(-c5cnn(C)c5)cnc4N)C3)ccc2c1)C1CCN(C)CC1. The van der Waals surface area contributed by atoms with E-state index in [0.29, 0.717) is 36.7 Å². The highest BCUT2D eigenvalue weighted by Crippen LogP contribution is 2.28. The van der Waals surface area contributed by atoms with Crippen LogP contribution in [0.25, 0.3) is 21.9 Å². The van der Waals surface area contributed by atoms with Gasteiger partial charge in [0.1, 0.15) is 5.82 Å². The van der Waals surface area contributed by atoms with Crippen molar-refractivity contribution in [2.75, 3.05) is 50.4 Å². The molecular formula is C33H40N8O2. The summed E-state index contributed by atoms with van der Waals surface area (Å²) >= 11 is 0. The number of anilines is 2. The first-order chi connectivity index (χ1) is 20.8. The van der Waals surface area contributed by atoms with Crippen molar-refractivity contribution in [1.82, 2.24) is 29.9 Å². The standard InChI is InChI=1S/C33H40N8O2/c1-4-41(28-10-12-38(2)13-11-28)29-8-7-22-15-24(6-5-23(22)16-29)33(43)40-14-9-27(21-40)37-32(42)30-17-25(18-35-31(30)34)26-19-36-39(3)20-26/h5-8,15-20,27-28H,4,9-14,21H2,1-3H3,(H2,34,35)(H,37,42)/t27-/m1/s1. The van der Waals surface area contributed by atoms with Gasteiger partial charge >= 0.3 is 0 Å². The second kappa shape index (κ2) is 12.0. The number of amides is 2. The number of nitrogens with two attached hydrogens (primary N) is 1. The van der Waals surface area contributed by atoms with Crippen LogP contribution in [0.4, 0.5) is 11.5 Å². The average Bonchev–Trinajstić information content (AvgIpc) is 3.67. The summed E-state index contributed by atoms with van der Waals surface area (Å²) < 4.78 is 1.69. The lowest BCUT2D eigenvalue weighted by Crippen LogP contribution is -2.43. The predicted molar refractivity (Wildman–Crippen MR) is 170 cm³/mol. The first-order valence-corrected chi connectivity index (χ1v) is 15.1. The van der Waals surface area contributed by atoms with Gasteiger partial charge in [0.15, 0.2) is 0 Å². The van der Waals surface area contributed by atoms with Crippen LogP contribution in [0.2, 0.25) is 0 Å². The number of fused-ring (bicyclic) bond motifs is 1. The topological polar surface area (TPSA) is 113 Å². The number of likely N-dealkylation sites (tertiary alicyclic amines) is 2. The molecule has 2 aliphatic rings. The zero-order chi connectivity index (χ0) is 30.1. The van der Waals surface area contributed by atoms with Gasteiger partial charge in [0, 0.05) is 73.5 Å². The highest BCUT2D eigenvalue weighted by Gasteiger charge is 2.29. The number of nitrogens with one attached hydrogen (secondary N) is 1. The number of pyridine rings is 1. The van der Waals surface area contributed by atoms with Gasteiger partial charge in [0.05, 0.1) is 11.8 Å². The van der Waals surface area contributed by atoms with E-state index in [1.54, 1.807) is 23.1 Å². The summed E-state index contributed by atoms with van der Waals surface area (Å²) in [4.78, 5) is 37.6. The molecule has 2 aromatic heterocycles. The molecule has 10 nitrogen and oxygen atoms in total. The summed E-state index contributed by atoms with van der Waals surface area (Å²) in [5.74, 6) is -0.147. The van der Waals surface area contributed by atoms with Crippen LogP contribution in [0.15, 0.2) is 61.1 Å². The van der Waals surface area contributed by atoms with Gasteiger partial charge in [-0.15, -0.1) is 0 Å². The minimum Gasteiger partial charge on any atom is -0.383 e. The Morgan fingerprint density at radius 3 is 2.49 bits per heavy atom. The molecule has 0 radical (unpaired) electrons. The van der Waals surface area contributed by atoms with E-state index in [1.165, 1.54) is 18.5 Å². The van der Waals surface area contributed by atoms with E-state index >= 15 is 0 Å². The normalized spacial score (nSPS) is 17.8. The predicted octanol–water partition coefficient (Wildman–Crippen LogP) is 3.78. The Morgan fingerprint density at radius 1 is 0.977 bits per heavy atom. The largest absolute Gasteiger partial charge is 0.383 e. The van der Waals surface area contributed by atoms with Crippen molar-refractivity contribution < 1.29 is 9.59 Å². The van der Waals surface area contributed by atoms with Crippen LogP contribution in [0.1, 0.15) is 46.9 Å². The molecule has 43 heavy (non-hydrogen) atoms. The van der Waals surface area contributed by atoms with Crippen molar-refractivity contribution >= 4 is 34.1 Å². The van der Waals surface area contributed by atoms with Gasteiger partial charge in [0.25, 0.3) is 11.8 Å². The van der Waals surface area contributed by atoms with Gasteiger partial charge in [-0.3, -0.25) is 14.3 Å². The van der Waals surface area contributed by atoms with Crippen molar-refractivity contribution in [3.63, 3.8) is 0 Å². The Labute approximate surface area is 252 Å². The second-order valence-electron chi connectivity index (χ2n) is 11.8. The molecule has 0 saturated carbocycles. The van der Waals surface area contributed by atoms with Crippen LogP contribution in [0, 0.1) is 0 Å². The molecule has 0 bridgehead atoms. The molecule has 0 spiro atoms. The molecule has 2 fully saturated rings. The summed E-state index contributed by atoms with van der Waals surface area (Å²) in [7, 11) is 4.03. The average molecular weight is 581 g/mol. The Hall–Kier alpha value is -4.44. The molecule has 2 aliphatic heterocycles. The molecule has 0 aliphatic carbocycles. The third-order valence-corrected chi connectivity index (χ3v) is 8.88. The number of carbonyl (C=O) groups excluding carboxylic acids is 2. The lowest BCUT2D eigenvalue weighted by molar-refractivity contribution is 0.0783. The monoisotopic (exact) mass is 580 g/mol. The molecule has 0 unspecified atom stereocenters. The van der Waals surface area contributed by atoms with Gasteiger partial charge in [0.2, 0.25) is 0 Å². The number of hydrogen-bond donors (Lipinski definition) is 2. The number of rotatable bonds is 7. The van der Waals surface area contributed by atoms with Crippen LogP contribution in [-0.2, 0) is 7.05 Å². The second-order valence-corrected chi connectivity index (χ2v) is 11.8. The number of hydrogen-bond acceptors (Lipinski definition) is 7. The molecule has 2 aromatic carbocycles. The van der Waals surface area contributed by atoms with Crippen LogP contribution in [-0.4, -0.2) is 88.2 Å². The maximum atomic E-state index is 13.5. The van der Waals surface area contributed by atoms with E-state index < -0.39 is 0 Å². The minimum absolute atomic E-state index is 0.0241. The van der Waals surface area contributed by atoms with Crippen LogP contribution in [0.5, 0.6) is 0 Å². The third-order valence-electron chi connectivity index (χ3n) is 8.88. The van der Waals surface area contributed by atoms with Crippen molar-refractivity contribution in [1.29, 1.82) is 0 Å². The molecule has 1 atom stereocenters. The quantitative estimate of drug-likeness (QED) is 0.342. The molecule has 3 N–H and O–H groups in total. The molecule has 224 valence electrons. The van der Waals surface area contributed by atoms with Crippen LogP contribution in [0.3, 0.4) is 0 Å². The first-order valence-electron chi connectivity index (χ1n) is 15.1. The highest BCUT2D eigenvalue weighted by molar-refractivity contribution is 6.01. The number of carbonyl (C=O) groups is 2. The fourth-order valence-corrected chi connectivity index (χ4v) is 6.40. The van der Waals surface area contributed by atoms with Crippen molar-refractivity contribution in [3.05, 3.63) is 72.2 Å². The smallest absolute Gasteiger partial charge is 0.255 e. The molecule has 2 saturated heterocycles. The van der Waals surface area contributed by atoms with Crippen molar-refractivity contribution in [2.24, 2.45) is 7.05 Å². The molecule has 4 heterocycles. The van der Waals surface area contributed by atoms with E-state index in [-0.39, 0.29) is 23.7 Å². The maximum Gasteiger partial charge on any atom is 0.255 e. The van der Waals surface area contributed by atoms with E-state index in [9.17, 15) is 9.59 Å². The fourth-order valence-electron chi connectivity index (χ4n) is 6.40. The first kappa shape index (κ1) is 28.7. The summed E-state index contributed by atoms with van der Waals surface area (Å²) in [5, 5.41) is 9.43. The maximum absolute atomic E-state index is 13.5. The lowest BCUT2D eigenvalue weighted by atomic mass is 10.0. The number of piperidine rings is 1. The number of nitrogens with zero attached hydrogens (tertiary/aromatic N) is 6. The van der Waals surface area contributed by atoms with E-state index in [2.05, 4.69) is 63.4 Å². The Bertz CT molecular complexity index is 1640. The van der Waals surface area contributed by atoms with E-state index in [1.807, 2.05) is 30.3 Å². The van der Waals surface area contributed by atoms with Crippen LogP contribution < -0.4 is 16.0 Å². The minimum atomic E-state index is -0.294.